The van der Waals surface area contributed by atoms with Gasteiger partial charge in [0.1, 0.15) is 4.21 Å². The predicted molar refractivity (Wildman–Crippen MR) is 85.6 cm³/mol. The van der Waals surface area contributed by atoms with Crippen LogP contribution >= 0.6 is 11.3 Å². The van der Waals surface area contributed by atoms with E-state index in [1.54, 1.807) is 6.07 Å². The molecule has 0 amide bonds. The molecule has 0 saturated carbocycles. The van der Waals surface area contributed by atoms with E-state index in [-0.39, 0.29) is 0 Å². The minimum atomic E-state index is -3.32. The van der Waals surface area contributed by atoms with Gasteiger partial charge in [-0.25, -0.2) is 13.1 Å². The van der Waals surface area contributed by atoms with Gasteiger partial charge in [0.25, 0.3) is 0 Å². The molecule has 116 valence electrons. The van der Waals surface area contributed by atoms with Crippen molar-refractivity contribution in [2.75, 3.05) is 13.1 Å². The van der Waals surface area contributed by atoms with Gasteiger partial charge < -0.3 is 5.32 Å². The third-order valence-corrected chi connectivity index (χ3v) is 5.92. The molecular weight excluding hydrogens is 292 g/mol. The molecule has 0 aromatic carbocycles. The molecule has 1 aromatic heterocycles. The van der Waals surface area contributed by atoms with Gasteiger partial charge in [0.15, 0.2) is 0 Å². The molecule has 0 atom stereocenters. The van der Waals surface area contributed by atoms with Crippen LogP contribution in [0.1, 0.15) is 45.6 Å². The fraction of sp³-hybridized carbons (Fsp3) is 0.714. The van der Waals surface area contributed by atoms with E-state index in [4.69, 9.17) is 0 Å². The molecule has 4 nitrogen and oxygen atoms in total. The highest BCUT2D eigenvalue weighted by molar-refractivity contribution is 7.91. The standard InChI is InChI=1S/C14H26N2O2S2/c1-4-15-10-13-9-14(19-11-13)20(17,18)16-8-6-5-7-12(2)3/h9,11-12,15-16H,4-8,10H2,1-3H3. The molecule has 1 heterocycles. The van der Waals surface area contributed by atoms with Crippen molar-refractivity contribution in [1.82, 2.24) is 10.0 Å². The number of hydrogen-bond donors (Lipinski definition) is 2. The molecule has 0 radical (unpaired) electrons. The van der Waals surface area contributed by atoms with E-state index < -0.39 is 10.0 Å². The van der Waals surface area contributed by atoms with Crippen LogP contribution in [-0.4, -0.2) is 21.5 Å². The molecule has 0 saturated heterocycles. The van der Waals surface area contributed by atoms with Gasteiger partial charge in [0, 0.05) is 13.1 Å². The first-order valence-electron chi connectivity index (χ1n) is 7.23. The zero-order chi connectivity index (χ0) is 15.0. The first kappa shape index (κ1) is 17.6. The molecule has 0 spiro atoms. The second-order valence-corrected chi connectivity index (χ2v) is 8.25. The van der Waals surface area contributed by atoms with Crippen LogP contribution in [-0.2, 0) is 16.6 Å². The lowest BCUT2D eigenvalue weighted by molar-refractivity contribution is 0.531. The Morgan fingerprint density at radius 1 is 1.30 bits per heavy atom. The second kappa shape index (κ2) is 8.77. The van der Waals surface area contributed by atoms with E-state index in [0.29, 0.717) is 16.7 Å². The Bertz CT molecular complexity index is 481. The molecule has 6 heteroatoms. The highest BCUT2D eigenvalue weighted by Gasteiger charge is 2.15. The molecule has 0 aliphatic heterocycles. The second-order valence-electron chi connectivity index (χ2n) is 5.34. The van der Waals surface area contributed by atoms with Gasteiger partial charge in [-0.3, -0.25) is 0 Å². The number of rotatable bonds is 10. The van der Waals surface area contributed by atoms with Gasteiger partial charge in [-0.1, -0.05) is 33.6 Å². The third kappa shape index (κ3) is 6.35. The van der Waals surface area contributed by atoms with Crippen LogP contribution < -0.4 is 10.0 Å². The Kier molecular flexibility index (Phi) is 7.72. The number of thiophene rings is 1. The Morgan fingerprint density at radius 2 is 2.05 bits per heavy atom. The molecule has 0 aliphatic carbocycles. The molecule has 20 heavy (non-hydrogen) atoms. The predicted octanol–water partition coefficient (Wildman–Crippen LogP) is 2.96. The van der Waals surface area contributed by atoms with Crippen LogP contribution in [0.5, 0.6) is 0 Å². The minimum Gasteiger partial charge on any atom is -0.313 e. The monoisotopic (exact) mass is 318 g/mol. The van der Waals surface area contributed by atoms with E-state index in [9.17, 15) is 8.42 Å². The Hall–Kier alpha value is -0.430. The van der Waals surface area contributed by atoms with Crippen LogP contribution in [0.4, 0.5) is 0 Å². The first-order valence-corrected chi connectivity index (χ1v) is 9.59. The lowest BCUT2D eigenvalue weighted by Crippen LogP contribution is -2.24. The van der Waals surface area contributed by atoms with Crippen molar-refractivity contribution in [1.29, 1.82) is 0 Å². The Labute approximate surface area is 127 Å². The van der Waals surface area contributed by atoms with Crippen molar-refractivity contribution in [2.24, 2.45) is 5.92 Å². The fourth-order valence-electron chi connectivity index (χ4n) is 1.81. The first-order chi connectivity index (χ1) is 9.45. The fourth-order valence-corrected chi connectivity index (χ4v) is 4.14. The van der Waals surface area contributed by atoms with E-state index in [1.807, 2.05) is 12.3 Å². The van der Waals surface area contributed by atoms with E-state index >= 15 is 0 Å². The zero-order valence-corrected chi connectivity index (χ0v) is 14.2. The van der Waals surface area contributed by atoms with Gasteiger partial charge >= 0.3 is 0 Å². The van der Waals surface area contributed by atoms with Crippen LogP contribution in [0.15, 0.2) is 15.7 Å². The average molecular weight is 319 g/mol. The van der Waals surface area contributed by atoms with Crippen molar-refractivity contribution < 1.29 is 8.42 Å². The molecule has 1 aromatic rings. The van der Waals surface area contributed by atoms with Gasteiger partial charge in [-0.05, 0) is 35.9 Å². The van der Waals surface area contributed by atoms with Crippen molar-refractivity contribution >= 4 is 21.4 Å². The van der Waals surface area contributed by atoms with Crippen molar-refractivity contribution in [3.05, 3.63) is 17.0 Å². The minimum absolute atomic E-state index is 0.411. The molecule has 0 fully saturated rings. The van der Waals surface area contributed by atoms with Crippen molar-refractivity contribution in [3.8, 4) is 0 Å². The highest BCUT2D eigenvalue weighted by Crippen LogP contribution is 2.20. The average Bonchev–Trinajstić information content (AvgIpc) is 2.85. The summed E-state index contributed by atoms with van der Waals surface area (Å²) in [6, 6.07) is 1.75. The molecular formula is C14H26N2O2S2. The third-order valence-electron chi connectivity index (χ3n) is 2.97. The maximum Gasteiger partial charge on any atom is 0.250 e. The number of hydrogen-bond acceptors (Lipinski definition) is 4. The molecule has 2 N–H and O–H groups in total. The summed E-state index contributed by atoms with van der Waals surface area (Å²) in [5.74, 6) is 0.678. The van der Waals surface area contributed by atoms with Crippen LogP contribution in [0, 0.1) is 5.92 Å². The molecule has 1 rings (SSSR count). The molecule has 0 unspecified atom stereocenters. The number of nitrogens with one attached hydrogen (secondary N) is 2. The van der Waals surface area contributed by atoms with Crippen molar-refractivity contribution in [3.63, 3.8) is 0 Å². The maximum absolute atomic E-state index is 12.1. The topological polar surface area (TPSA) is 58.2 Å². The molecule has 0 bridgehead atoms. The summed E-state index contributed by atoms with van der Waals surface area (Å²) in [4.78, 5) is 0. The lowest BCUT2D eigenvalue weighted by atomic mass is 10.1. The van der Waals surface area contributed by atoms with Crippen LogP contribution in [0.25, 0.3) is 0 Å². The number of sulfonamides is 1. The maximum atomic E-state index is 12.1. The summed E-state index contributed by atoms with van der Waals surface area (Å²) in [6.45, 7) is 8.52. The zero-order valence-electron chi connectivity index (χ0n) is 12.6. The smallest absolute Gasteiger partial charge is 0.250 e. The summed E-state index contributed by atoms with van der Waals surface area (Å²) >= 11 is 1.29. The van der Waals surface area contributed by atoms with Crippen LogP contribution in [0.3, 0.4) is 0 Å². The number of unbranched alkanes of at least 4 members (excludes halogenated alkanes) is 1. The summed E-state index contributed by atoms with van der Waals surface area (Å²) in [5.41, 5.74) is 1.03. The summed E-state index contributed by atoms with van der Waals surface area (Å²) in [6.07, 6.45) is 3.11. The highest BCUT2D eigenvalue weighted by atomic mass is 32.2. The van der Waals surface area contributed by atoms with Gasteiger partial charge in [0.05, 0.1) is 0 Å². The SMILES string of the molecule is CCNCc1csc(S(=O)(=O)NCCCCC(C)C)c1. The quantitative estimate of drug-likeness (QED) is 0.652. The summed E-state index contributed by atoms with van der Waals surface area (Å²) in [5, 5.41) is 5.09. The Balaban J connectivity index is 2.41. The normalized spacial score (nSPS) is 12.2. The van der Waals surface area contributed by atoms with E-state index in [1.165, 1.54) is 11.3 Å². The largest absolute Gasteiger partial charge is 0.313 e. The van der Waals surface area contributed by atoms with E-state index in [0.717, 1.165) is 37.9 Å². The van der Waals surface area contributed by atoms with E-state index in [2.05, 4.69) is 23.9 Å². The molecule has 0 aliphatic rings. The van der Waals surface area contributed by atoms with Crippen molar-refractivity contribution in [2.45, 2.75) is 50.8 Å². The van der Waals surface area contributed by atoms with Gasteiger partial charge in [-0.15, -0.1) is 11.3 Å². The van der Waals surface area contributed by atoms with Crippen LogP contribution in [0.2, 0.25) is 0 Å². The van der Waals surface area contributed by atoms with Gasteiger partial charge in [0.2, 0.25) is 10.0 Å². The lowest BCUT2D eigenvalue weighted by Gasteiger charge is -2.06. The Morgan fingerprint density at radius 3 is 2.70 bits per heavy atom. The van der Waals surface area contributed by atoms with Gasteiger partial charge in [-0.2, -0.15) is 0 Å². The summed E-state index contributed by atoms with van der Waals surface area (Å²) in [7, 11) is -3.32. The summed E-state index contributed by atoms with van der Waals surface area (Å²) < 4.78 is 27.3.